The van der Waals surface area contributed by atoms with Gasteiger partial charge in [-0.05, 0) is 35.9 Å². The number of carbonyl (C=O) groups is 2. The Kier molecular flexibility index (Phi) is 7.01. The number of halogens is 4. The van der Waals surface area contributed by atoms with Crippen molar-refractivity contribution in [1.29, 1.82) is 5.26 Å². The van der Waals surface area contributed by atoms with Crippen molar-refractivity contribution < 1.29 is 36.3 Å². The Labute approximate surface area is 206 Å². The Bertz CT molecular complexity index is 1400. The molecule has 0 unspecified atom stereocenters. The molecule has 1 heterocycles. The van der Waals surface area contributed by atoms with E-state index in [2.05, 4.69) is 15.9 Å². The molecule has 35 heavy (non-hydrogen) atoms. The van der Waals surface area contributed by atoms with E-state index in [-0.39, 0.29) is 32.7 Å². The number of hydrogen-bond donors (Lipinski definition) is 1. The summed E-state index contributed by atoms with van der Waals surface area (Å²) in [5, 5.41) is 19.0. The van der Waals surface area contributed by atoms with Crippen LogP contribution in [0.25, 0.3) is 0 Å². The molecule has 0 aromatic heterocycles. The van der Waals surface area contributed by atoms with Gasteiger partial charge < -0.3 is 10.0 Å². The fraction of sp³-hybridized carbons (Fsp3) is 0.227. The predicted octanol–water partition coefficient (Wildman–Crippen LogP) is 4.33. The summed E-state index contributed by atoms with van der Waals surface area (Å²) in [7, 11) is -2.76. The molecule has 0 aliphatic carbocycles. The SMILES string of the molecule is CN1C(=O)N(c2cccc(C(F)(F)F)c2)C(CBr)=C(C(=O)O)[C@H]1c1ccc(C#N)cc1S(C)(=O)=O. The summed E-state index contributed by atoms with van der Waals surface area (Å²) in [6.07, 6.45) is -3.83. The second kappa shape index (κ2) is 9.35. The molecule has 1 aliphatic heterocycles. The van der Waals surface area contributed by atoms with Gasteiger partial charge in [0.05, 0.1) is 45.1 Å². The quantitative estimate of drug-likeness (QED) is 0.533. The zero-order chi connectivity index (χ0) is 26.3. The Hall–Kier alpha value is -3.37. The number of carboxylic acid groups (broad SMARTS) is 1. The molecule has 8 nitrogen and oxygen atoms in total. The lowest BCUT2D eigenvalue weighted by Crippen LogP contribution is -2.50. The lowest BCUT2D eigenvalue weighted by Gasteiger charge is -2.41. The van der Waals surface area contributed by atoms with E-state index in [1.165, 1.54) is 25.2 Å². The number of rotatable bonds is 5. The third-order valence-electron chi connectivity index (χ3n) is 5.36. The minimum absolute atomic E-state index is 0.00567. The van der Waals surface area contributed by atoms with Crippen LogP contribution in [0.4, 0.5) is 23.7 Å². The lowest BCUT2D eigenvalue weighted by molar-refractivity contribution is -0.137. The number of alkyl halides is 4. The predicted molar refractivity (Wildman–Crippen MR) is 123 cm³/mol. The first-order valence-corrected chi connectivity index (χ1v) is 12.7. The second-order valence-corrected chi connectivity index (χ2v) is 10.2. The Morgan fingerprint density at radius 3 is 2.40 bits per heavy atom. The highest BCUT2D eigenvalue weighted by Crippen LogP contribution is 2.42. The number of nitriles is 1. The van der Waals surface area contributed by atoms with E-state index in [9.17, 15) is 41.5 Å². The van der Waals surface area contributed by atoms with Gasteiger partial charge in [0.25, 0.3) is 0 Å². The molecule has 0 spiro atoms. The average Bonchev–Trinajstić information content (AvgIpc) is 2.78. The van der Waals surface area contributed by atoms with E-state index in [1.54, 1.807) is 0 Å². The number of urea groups is 1. The molecular weight excluding hydrogens is 555 g/mol. The number of carboxylic acids is 1. The summed E-state index contributed by atoms with van der Waals surface area (Å²) >= 11 is 3.13. The summed E-state index contributed by atoms with van der Waals surface area (Å²) in [5.74, 6) is -1.51. The molecule has 184 valence electrons. The number of aliphatic carboxylic acids is 1. The van der Waals surface area contributed by atoms with Gasteiger partial charge in [-0.25, -0.2) is 18.0 Å². The summed E-state index contributed by atoms with van der Waals surface area (Å²) in [6, 6.07) is 6.99. The first-order valence-electron chi connectivity index (χ1n) is 9.73. The average molecular weight is 572 g/mol. The van der Waals surface area contributed by atoms with Crippen LogP contribution in [0, 0.1) is 11.3 Å². The molecule has 3 rings (SSSR count). The smallest absolute Gasteiger partial charge is 0.416 e. The Morgan fingerprint density at radius 1 is 1.23 bits per heavy atom. The normalized spacial score (nSPS) is 16.9. The van der Waals surface area contributed by atoms with Crippen LogP contribution >= 0.6 is 15.9 Å². The molecule has 0 bridgehead atoms. The summed E-state index contributed by atoms with van der Waals surface area (Å²) in [4.78, 5) is 27.3. The molecule has 2 aromatic rings. The maximum Gasteiger partial charge on any atom is 0.416 e. The summed E-state index contributed by atoms with van der Waals surface area (Å²) in [5.41, 5.74) is -1.91. The Morgan fingerprint density at radius 2 is 1.89 bits per heavy atom. The van der Waals surface area contributed by atoms with E-state index in [4.69, 9.17) is 0 Å². The fourth-order valence-corrected chi connectivity index (χ4v) is 5.33. The van der Waals surface area contributed by atoms with E-state index < -0.39 is 45.2 Å². The standard InChI is InChI=1S/C22H17BrF3N3O5S/c1-28-19(15-7-6-12(11-27)8-17(15)35(2,33)34)18(20(30)31)16(10-23)29(21(28)32)14-5-3-4-13(9-14)22(24,25)26/h3-9,19H,10H2,1-2H3,(H,30,31)/t19-/m1/s1. The number of likely N-dealkylation sites (N-methyl/N-ethyl adjacent to an activating group) is 1. The van der Waals surface area contributed by atoms with Crippen molar-refractivity contribution in [2.45, 2.75) is 17.1 Å². The van der Waals surface area contributed by atoms with Crippen molar-refractivity contribution in [2.75, 3.05) is 23.5 Å². The molecule has 0 radical (unpaired) electrons. The van der Waals surface area contributed by atoms with Crippen molar-refractivity contribution in [2.24, 2.45) is 0 Å². The van der Waals surface area contributed by atoms with E-state index in [0.717, 1.165) is 40.3 Å². The van der Waals surface area contributed by atoms with Crippen LogP contribution in [0.3, 0.4) is 0 Å². The molecule has 1 N–H and O–H groups in total. The molecule has 1 aliphatic rings. The molecule has 2 amide bonds. The van der Waals surface area contributed by atoms with Gasteiger partial charge in [-0.2, -0.15) is 18.4 Å². The van der Waals surface area contributed by atoms with Gasteiger partial charge in [-0.3, -0.25) is 4.90 Å². The highest BCUT2D eigenvalue weighted by atomic mass is 79.9. The lowest BCUT2D eigenvalue weighted by atomic mass is 9.92. The van der Waals surface area contributed by atoms with Crippen molar-refractivity contribution in [3.05, 3.63) is 70.4 Å². The van der Waals surface area contributed by atoms with Crippen LogP contribution in [-0.4, -0.2) is 49.1 Å². The number of anilines is 1. The molecule has 2 aromatic carbocycles. The largest absolute Gasteiger partial charge is 0.478 e. The number of carbonyl (C=O) groups excluding carboxylic acids is 1. The molecular formula is C22H17BrF3N3O5S. The highest BCUT2D eigenvalue weighted by molar-refractivity contribution is 9.09. The van der Waals surface area contributed by atoms with Crippen LogP contribution in [0.1, 0.15) is 22.7 Å². The number of allylic oxidation sites excluding steroid dienone is 1. The van der Waals surface area contributed by atoms with E-state index >= 15 is 0 Å². The highest BCUT2D eigenvalue weighted by Gasteiger charge is 2.43. The van der Waals surface area contributed by atoms with E-state index in [1.807, 2.05) is 6.07 Å². The number of nitrogens with zero attached hydrogens (tertiary/aromatic N) is 3. The van der Waals surface area contributed by atoms with Crippen LogP contribution in [-0.2, 0) is 20.8 Å². The van der Waals surface area contributed by atoms with Gasteiger partial charge in [-0.1, -0.05) is 28.1 Å². The first kappa shape index (κ1) is 26.2. The summed E-state index contributed by atoms with van der Waals surface area (Å²) in [6.45, 7) is 0. The minimum Gasteiger partial charge on any atom is -0.478 e. The molecule has 0 saturated carbocycles. The third-order valence-corrected chi connectivity index (χ3v) is 7.04. The van der Waals surface area contributed by atoms with Gasteiger partial charge in [0.1, 0.15) is 0 Å². The Balaban J connectivity index is 2.34. The fourth-order valence-electron chi connectivity index (χ4n) is 3.83. The molecule has 0 saturated heterocycles. The monoisotopic (exact) mass is 571 g/mol. The van der Waals surface area contributed by atoms with Crippen LogP contribution in [0.15, 0.2) is 58.6 Å². The topological polar surface area (TPSA) is 119 Å². The summed E-state index contributed by atoms with van der Waals surface area (Å²) < 4.78 is 64.8. The zero-order valence-electron chi connectivity index (χ0n) is 18.2. The maximum absolute atomic E-state index is 13.4. The van der Waals surface area contributed by atoms with Gasteiger partial charge in [0.15, 0.2) is 9.84 Å². The third kappa shape index (κ3) is 4.89. The van der Waals surface area contributed by atoms with Gasteiger partial charge >= 0.3 is 18.2 Å². The van der Waals surface area contributed by atoms with Gasteiger partial charge in [0, 0.05) is 18.6 Å². The number of amides is 2. The number of hydrogen-bond acceptors (Lipinski definition) is 5. The van der Waals surface area contributed by atoms with Gasteiger partial charge in [-0.15, -0.1) is 0 Å². The van der Waals surface area contributed by atoms with E-state index in [0.29, 0.717) is 0 Å². The van der Waals surface area contributed by atoms with Crippen molar-refractivity contribution in [3.8, 4) is 6.07 Å². The maximum atomic E-state index is 13.4. The van der Waals surface area contributed by atoms with Crippen molar-refractivity contribution >= 4 is 43.5 Å². The molecule has 13 heteroatoms. The molecule has 0 fully saturated rings. The van der Waals surface area contributed by atoms with Crippen LogP contribution < -0.4 is 4.90 Å². The number of sulfone groups is 1. The zero-order valence-corrected chi connectivity index (χ0v) is 20.6. The van der Waals surface area contributed by atoms with Crippen molar-refractivity contribution in [3.63, 3.8) is 0 Å². The van der Waals surface area contributed by atoms with Crippen LogP contribution in [0.2, 0.25) is 0 Å². The number of benzene rings is 2. The minimum atomic E-state index is -4.70. The second-order valence-electron chi connectivity index (χ2n) is 7.62. The first-order chi connectivity index (χ1) is 16.2. The van der Waals surface area contributed by atoms with Crippen molar-refractivity contribution in [1.82, 2.24) is 4.90 Å². The molecule has 1 atom stereocenters. The van der Waals surface area contributed by atoms with Gasteiger partial charge in [0.2, 0.25) is 0 Å². The van der Waals surface area contributed by atoms with Crippen LogP contribution in [0.5, 0.6) is 0 Å².